The maximum atomic E-state index is 14.3. The van der Waals surface area contributed by atoms with Gasteiger partial charge in [-0.05, 0) is 44.2 Å². The van der Waals surface area contributed by atoms with Gasteiger partial charge in [0.25, 0.3) is 5.92 Å². The van der Waals surface area contributed by atoms with E-state index in [-0.39, 0.29) is 25.9 Å². The van der Waals surface area contributed by atoms with Crippen LogP contribution >= 0.6 is 0 Å². The van der Waals surface area contributed by atoms with E-state index in [0.29, 0.717) is 29.4 Å². The van der Waals surface area contributed by atoms with E-state index in [1.807, 2.05) is 0 Å². The Morgan fingerprint density at radius 3 is 2.88 bits per heavy atom. The molecular weight excluding hydrogens is 436 g/mol. The fraction of sp³-hybridized carbons (Fsp3) is 0.636. The average Bonchev–Trinajstić information content (AvgIpc) is 3.11. The number of rotatable bonds is 7. The highest BCUT2D eigenvalue weighted by atomic mass is 19.3. The number of aryl methyl sites for hydroxylation is 2. The maximum absolute atomic E-state index is 14.3. The second kappa shape index (κ2) is 9.68. The first kappa shape index (κ1) is 23.5. The van der Waals surface area contributed by atoms with Crippen LogP contribution in [0.4, 0.5) is 14.5 Å². The van der Waals surface area contributed by atoms with Crippen LogP contribution in [0.1, 0.15) is 43.5 Å². The molecule has 0 aromatic carbocycles. The summed E-state index contributed by atoms with van der Waals surface area (Å²) in [5.41, 5.74) is 3.00. The molecule has 2 aromatic heterocycles. The Kier molecular flexibility index (Phi) is 6.89. The standard InChI is InChI=1S/C22H29F2N5O4/c1-14-17(29-11-15(9-19(30)31)10-22(23,24)13-29)7-6-16(25-14)21-18(28(2)27-26-21)12-33-20-5-3-4-8-32-20/h6-7,15,20H,3-5,8-13H2,1-2H3,(H,30,31)/t15-,20?/m0/s1. The van der Waals surface area contributed by atoms with Gasteiger partial charge < -0.3 is 19.5 Å². The number of halogens is 2. The molecule has 11 heteroatoms. The summed E-state index contributed by atoms with van der Waals surface area (Å²) in [6.07, 6.45) is 1.98. The summed E-state index contributed by atoms with van der Waals surface area (Å²) in [5.74, 6) is -4.66. The zero-order valence-corrected chi connectivity index (χ0v) is 18.8. The normalized spacial score (nSPS) is 23.0. The minimum Gasteiger partial charge on any atom is -0.481 e. The van der Waals surface area contributed by atoms with Crippen molar-refractivity contribution >= 4 is 11.7 Å². The number of carbonyl (C=O) groups is 1. The van der Waals surface area contributed by atoms with Gasteiger partial charge in [-0.25, -0.2) is 18.4 Å². The predicted octanol–water partition coefficient (Wildman–Crippen LogP) is 3.17. The lowest BCUT2D eigenvalue weighted by Gasteiger charge is -2.39. The van der Waals surface area contributed by atoms with Crippen molar-refractivity contribution in [3.05, 3.63) is 23.5 Å². The smallest absolute Gasteiger partial charge is 0.303 e. The van der Waals surface area contributed by atoms with E-state index < -0.39 is 30.8 Å². The molecule has 1 N–H and O–H groups in total. The molecule has 2 aromatic rings. The van der Waals surface area contributed by atoms with Gasteiger partial charge >= 0.3 is 5.97 Å². The van der Waals surface area contributed by atoms with Crippen LogP contribution in [0.5, 0.6) is 0 Å². The van der Waals surface area contributed by atoms with Crippen molar-refractivity contribution in [1.29, 1.82) is 0 Å². The maximum Gasteiger partial charge on any atom is 0.303 e. The SMILES string of the molecule is Cc1nc(-c2nnn(C)c2COC2CCCCO2)ccc1N1C[C@@H](CC(=O)O)CC(F)(F)C1. The summed E-state index contributed by atoms with van der Waals surface area (Å²) >= 11 is 0. The first-order chi connectivity index (χ1) is 15.7. The van der Waals surface area contributed by atoms with Crippen LogP contribution in [0, 0.1) is 12.8 Å². The molecule has 1 unspecified atom stereocenters. The molecule has 0 saturated carbocycles. The van der Waals surface area contributed by atoms with Crippen molar-refractivity contribution in [3.63, 3.8) is 0 Å². The molecule has 0 bridgehead atoms. The summed E-state index contributed by atoms with van der Waals surface area (Å²) in [7, 11) is 1.77. The number of aromatic nitrogens is 4. The third-order valence-corrected chi connectivity index (χ3v) is 6.08. The summed E-state index contributed by atoms with van der Waals surface area (Å²) < 4.78 is 41.8. The number of piperidine rings is 1. The van der Waals surface area contributed by atoms with Crippen LogP contribution in [-0.4, -0.2) is 63.0 Å². The summed E-state index contributed by atoms with van der Waals surface area (Å²) in [5, 5.41) is 17.4. The molecule has 4 rings (SSSR count). The third kappa shape index (κ3) is 5.64. The lowest BCUT2D eigenvalue weighted by molar-refractivity contribution is -0.169. The number of ether oxygens (including phenoxy) is 2. The van der Waals surface area contributed by atoms with E-state index in [1.54, 1.807) is 30.8 Å². The number of alkyl halides is 2. The van der Waals surface area contributed by atoms with E-state index >= 15 is 0 Å². The Morgan fingerprint density at radius 1 is 1.36 bits per heavy atom. The molecule has 0 aliphatic carbocycles. The van der Waals surface area contributed by atoms with Gasteiger partial charge in [0.05, 0.1) is 42.3 Å². The number of aliphatic carboxylic acids is 1. The average molecular weight is 466 g/mol. The molecule has 2 fully saturated rings. The first-order valence-corrected chi connectivity index (χ1v) is 11.2. The minimum atomic E-state index is -2.96. The Hall–Kier alpha value is -2.66. The lowest BCUT2D eigenvalue weighted by atomic mass is 9.92. The minimum absolute atomic E-state index is 0.245. The second-order valence-electron chi connectivity index (χ2n) is 8.82. The van der Waals surface area contributed by atoms with Crippen LogP contribution in [0.3, 0.4) is 0 Å². The summed E-state index contributed by atoms with van der Waals surface area (Å²) in [6.45, 7) is 2.49. The molecule has 2 aliphatic heterocycles. The van der Waals surface area contributed by atoms with Crippen molar-refractivity contribution in [3.8, 4) is 11.4 Å². The van der Waals surface area contributed by atoms with E-state index in [1.165, 1.54) is 4.90 Å². The zero-order valence-electron chi connectivity index (χ0n) is 18.8. The van der Waals surface area contributed by atoms with Crippen LogP contribution in [-0.2, 0) is 27.9 Å². The van der Waals surface area contributed by atoms with Crippen molar-refractivity contribution in [2.75, 3.05) is 24.6 Å². The zero-order chi connectivity index (χ0) is 23.6. The third-order valence-electron chi connectivity index (χ3n) is 6.08. The quantitative estimate of drug-likeness (QED) is 0.665. The number of pyridine rings is 1. The highest BCUT2D eigenvalue weighted by Crippen LogP contribution is 2.36. The number of carboxylic acids is 1. The fourth-order valence-corrected chi connectivity index (χ4v) is 4.55. The number of carboxylic acid groups (broad SMARTS) is 1. The number of hydrogen-bond acceptors (Lipinski definition) is 7. The van der Waals surface area contributed by atoms with Crippen molar-refractivity contribution < 1.29 is 28.2 Å². The van der Waals surface area contributed by atoms with Gasteiger partial charge in [-0.2, -0.15) is 0 Å². The van der Waals surface area contributed by atoms with Crippen molar-refractivity contribution in [2.24, 2.45) is 13.0 Å². The fourth-order valence-electron chi connectivity index (χ4n) is 4.55. The molecule has 0 spiro atoms. The van der Waals surface area contributed by atoms with Crippen molar-refractivity contribution in [2.45, 2.75) is 57.8 Å². The molecule has 0 amide bonds. The van der Waals surface area contributed by atoms with Crippen molar-refractivity contribution in [1.82, 2.24) is 20.0 Å². The summed E-state index contributed by atoms with van der Waals surface area (Å²) in [4.78, 5) is 17.2. The number of nitrogens with zero attached hydrogens (tertiary/aromatic N) is 5. The monoisotopic (exact) mass is 465 g/mol. The van der Waals surface area contributed by atoms with Gasteiger partial charge in [0.2, 0.25) is 0 Å². The second-order valence-corrected chi connectivity index (χ2v) is 8.82. The van der Waals surface area contributed by atoms with Crippen LogP contribution in [0.15, 0.2) is 12.1 Å². The Labute approximate surface area is 190 Å². The van der Waals surface area contributed by atoms with E-state index in [2.05, 4.69) is 15.3 Å². The predicted molar refractivity (Wildman–Crippen MR) is 115 cm³/mol. The lowest BCUT2D eigenvalue weighted by Crippen LogP contribution is -2.48. The Morgan fingerprint density at radius 2 is 2.18 bits per heavy atom. The van der Waals surface area contributed by atoms with Crippen LogP contribution in [0.25, 0.3) is 11.4 Å². The molecule has 0 radical (unpaired) electrons. The van der Waals surface area contributed by atoms with Gasteiger partial charge in [0.15, 0.2) is 6.29 Å². The highest BCUT2D eigenvalue weighted by Gasteiger charge is 2.41. The van der Waals surface area contributed by atoms with E-state index in [0.717, 1.165) is 25.0 Å². The highest BCUT2D eigenvalue weighted by molar-refractivity contribution is 5.67. The van der Waals surface area contributed by atoms with Gasteiger partial charge in [0.1, 0.15) is 5.69 Å². The number of hydrogen-bond donors (Lipinski definition) is 1. The topological polar surface area (TPSA) is 103 Å². The molecule has 2 atom stereocenters. The van der Waals surface area contributed by atoms with Crippen LogP contribution < -0.4 is 4.90 Å². The van der Waals surface area contributed by atoms with Gasteiger partial charge in [-0.1, -0.05) is 5.21 Å². The van der Waals surface area contributed by atoms with E-state index in [9.17, 15) is 13.6 Å². The Balaban J connectivity index is 1.52. The molecule has 2 aliphatic rings. The van der Waals surface area contributed by atoms with Gasteiger partial charge in [0, 0.05) is 26.6 Å². The Bertz CT molecular complexity index is 993. The molecule has 2 saturated heterocycles. The first-order valence-electron chi connectivity index (χ1n) is 11.2. The molecule has 33 heavy (non-hydrogen) atoms. The van der Waals surface area contributed by atoms with E-state index in [4.69, 9.17) is 14.6 Å². The number of anilines is 1. The largest absolute Gasteiger partial charge is 0.481 e. The van der Waals surface area contributed by atoms with Gasteiger partial charge in [-0.3, -0.25) is 4.79 Å². The molecule has 4 heterocycles. The van der Waals surface area contributed by atoms with Crippen LogP contribution in [0.2, 0.25) is 0 Å². The summed E-state index contributed by atoms with van der Waals surface area (Å²) in [6, 6.07) is 3.46. The molecule has 180 valence electrons. The van der Waals surface area contributed by atoms with Gasteiger partial charge in [-0.15, -0.1) is 5.10 Å². The molecule has 9 nitrogen and oxygen atoms in total. The molecular formula is C22H29F2N5O4.